The first-order chi connectivity index (χ1) is 12.8. The lowest BCUT2D eigenvalue weighted by Crippen LogP contribution is -2.02. The molecule has 0 aliphatic heterocycles. The first-order valence-corrected chi connectivity index (χ1v) is 8.95. The van der Waals surface area contributed by atoms with E-state index in [0.717, 1.165) is 29.0 Å². The van der Waals surface area contributed by atoms with Gasteiger partial charge in [-0.2, -0.15) is 0 Å². The van der Waals surface area contributed by atoms with Crippen molar-refractivity contribution in [1.29, 1.82) is 0 Å². The number of rotatable bonds is 9. The Labute approximate surface area is 155 Å². The van der Waals surface area contributed by atoms with Crippen LogP contribution in [0.1, 0.15) is 24.5 Å². The molecule has 0 heterocycles. The molecule has 0 unspecified atom stereocenters. The number of ether oxygens (including phenoxy) is 3. The molecule has 0 saturated carbocycles. The molecule has 0 radical (unpaired) electrons. The van der Waals surface area contributed by atoms with Crippen LogP contribution in [0.2, 0.25) is 0 Å². The predicted molar refractivity (Wildman–Crippen MR) is 104 cm³/mol. The summed E-state index contributed by atoms with van der Waals surface area (Å²) in [6, 6.07) is 25.9. The smallest absolute Gasteiger partial charge is 0.165 e. The van der Waals surface area contributed by atoms with E-state index in [0.29, 0.717) is 25.6 Å². The first kappa shape index (κ1) is 17.9. The predicted octanol–water partition coefficient (Wildman–Crippen LogP) is 5.63. The monoisotopic (exact) mass is 348 g/mol. The Morgan fingerprint density at radius 2 is 1.23 bits per heavy atom. The minimum atomic E-state index is 0.492. The molecule has 3 heteroatoms. The summed E-state index contributed by atoms with van der Waals surface area (Å²) < 4.78 is 17.7. The zero-order chi connectivity index (χ0) is 18.0. The molecule has 3 nitrogen and oxygen atoms in total. The van der Waals surface area contributed by atoms with Gasteiger partial charge in [0.2, 0.25) is 0 Å². The average molecular weight is 348 g/mol. The van der Waals surface area contributed by atoms with Gasteiger partial charge in [-0.3, -0.25) is 0 Å². The lowest BCUT2D eigenvalue weighted by molar-refractivity contribution is 0.256. The van der Waals surface area contributed by atoms with Gasteiger partial charge in [-0.15, -0.1) is 0 Å². The molecule has 134 valence electrons. The van der Waals surface area contributed by atoms with Crippen LogP contribution in [0.4, 0.5) is 0 Å². The van der Waals surface area contributed by atoms with E-state index in [2.05, 4.69) is 6.92 Å². The van der Waals surface area contributed by atoms with Crippen LogP contribution in [-0.4, -0.2) is 6.61 Å². The van der Waals surface area contributed by atoms with E-state index in [1.165, 1.54) is 0 Å². The molecular formula is C23H24O3. The second kappa shape index (κ2) is 9.52. The largest absolute Gasteiger partial charge is 0.490 e. The highest BCUT2D eigenvalue weighted by Crippen LogP contribution is 2.32. The van der Waals surface area contributed by atoms with Gasteiger partial charge in [0.05, 0.1) is 6.61 Å². The van der Waals surface area contributed by atoms with Crippen LogP contribution in [0.15, 0.2) is 78.9 Å². The maximum Gasteiger partial charge on any atom is 0.165 e. The van der Waals surface area contributed by atoms with Crippen molar-refractivity contribution < 1.29 is 14.2 Å². The van der Waals surface area contributed by atoms with Crippen LogP contribution < -0.4 is 14.2 Å². The standard InChI is InChI=1S/C23H24O3/c1-2-15-24-22-14-13-21(25-17-19-9-5-3-6-10-19)16-23(22)26-18-20-11-7-4-8-12-20/h3-14,16H,2,15,17-18H2,1H3. The van der Waals surface area contributed by atoms with Gasteiger partial charge in [-0.1, -0.05) is 67.6 Å². The molecule has 0 atom stereocenters. The number of benzene rings is 3. The molecule has 0 bridgehead atoms. The highest BCUT2D eigenvalue weighted by molar-refractivity contribution is 5.45. The van der Waals surface area contributed by atoms with Crippen LogP contribution in [0, 0.1) is 0 Å². The van der Waals surface area contributed by atoms with Crippen molar-refractivity contribution in [2.24, 2.45) is 0 Å². The van der Waals surface area contributed by atoms with Gasteiger partial charge in [-0.05, 0) is 29.7 Å². The lowest BCUT2D eigenvalue weighted by Gasteiger charge is -2.14. The van der Waals surface area contributed by atoms with Gasteiger partial charge in [0.15, 0.2) is 11.5 Å². The fourth-order valence-electron chi connectivity index (χ4n) is 2.50. The van der Waals surface area contributed by atoms with Crippen LogP contribution in [0.25, 0.3) is 0 Å². The van der Waals surface area contributed by atoms with E-state index in [9.17, 15) is 0 Å². The second-order valence-electron chi connectivity index (χ2n) is 6.01. The van der Waals surface area contributed by atoms with E-state index in [1.54, 1.807) is 0 Å². The summed E-state index contributed by atoms with van der Waals surface area (Å²) in [5.74, 6) is 2.21. The summed E-state index contributed by atoms with van der Waals surface area (Å²) in [7, 11) is 0. The molecule has 0 aliphatic carbocycles. The van der Waals surface area contributed by atoms with Gasteiger partial charge in [0, 0.05) is 6.07 Å². The normalized spacial score (nSPS) is 10.3. The van der Waals surface area contributed by atoms with Crippen LogP contribution in [0.5, 0.6) is 17.2 Å². The maximum atomic E-state index is 6.01. The molecule has 0 amide bonds. The fourth-order valence-corrected chi connectivity index (χ4v) is 2.50. The van der Waals surface area contributed by atoms with E-state index < -0.39 is 0 Å². The molecule has 0 aromatic heterocycles. The minimum Gasteiger partial charge on any atom is -0.490 e. The van der Waals surface area contributed by atoms with Crippen molar-refractivity contribution in [3.63, 3.8) is 0 Å². The molecule has 0 N–H and O–H groups in total. The van der Waals surface area contributed by atoms with Gasteiger partial charge in [0.1, 0.15) is 19.0 Å². The Morgan fingerprint density at radius 1 is 0.615 bits per heavy atom. The van der Waals surface area contributed by atoms with E-state index in [4.69, 9.17) is 14.2 Å². The first-order valence-electron chi connectivity index (χ1n) is 8.95. The molecule has 26 heavy (non-hydrogen) atoms. The van der Waals surface area contributed by atoms with Crippen molar-refractivity contribution in [2.45, 2.75) is 26.6 Å². The summed E-state index contributed by atoms with van der Waals surface area (Å²) in [4.78, 5) is 0. The Morgan fingerprint density at radius 3 is 1.85 bits per heavy atom. The zero-order valence-corrected chi connectivity index (χ0v) is 15.1. The molecule has 3 aromatic carbocycles. The van der Waals surface area contributed by atoms with Crippen LogP contribution >= 0.6 is 0 Å². The molecule has 3 rings (SSSR count). The van der Waals surface area contributed by atoms with Crippen LogP contribution in [-0.2, 0) is 13.2 Å². The Kier molecular flexibility index (Phi) is 6.54. The topological polar surface area (TPSA) is 27.7 Å². The summed E-state index contributed by atoms with van der Waals surface area (Å²) in [6.07, 6.45) is 0.949. The maximum absolute atomic E-state index is 6.01. The molecule has 0 spiro atoms. The Hall–Kier alpha value is -2.94. The van der Waals surface area contributed by atoms with E-state index in [-0.39, 0.29) is 0 Å². The van der Waals surface area contributed by atoms with Gasteiger partial charge >= 0.3 is 0 Å². The third-order valence-electron chi connectivity index (χ3n) is 3.86. The van der Waals surface area contributed by atoms with Crippen LogP contribution in [0.3, 0.4) is 0 Å². The second-order valence-corrected chi connectivity index (χ2v) is 6.01. The molecular weight excluding hydrogens is 324 g/mol. The van der Waals surface area contributed by atoms with Crippen molar-refractivity contribution >= 4 is 0 Å². The lowest BCUT2D eigenvalue weighted by atomic mass is 10.2. The quantitative estimate of drug-likeness (QED) is 0.501. The summed E-state index contributed by atoms with van der Waals surface area (Å²) in [5, 5.41) is 0. The summed E-state index contributed by atoms with van der Waals surface area (Å²) >= 11 is 0. The molecule has 3 aromatic rings. The molecule has 0 aliphatic rings. The highest BCUT2D eigenvalue weighted by Gasteiger charge is 2.08. The number of hydrogen-bond donors (Lipinski definition) is 0. The van der Waals surface area contributed by atoms with Gasteiger partial charge < -0.3 is 14.2 Å². The van der Waals surface area contributed by atoms with E-state index >= 15 is 0 Å². The molecule has 0 saturated heterocycles. The SMILES string of the molecule is CCCOc1ccc(OCc2ccccc2)cc1OCc1ccccc1. The van der Waals surface area contributed by atoms with Gasteiger partial charge in [-0.25, -0.2) is 0 Å². The third kappa shape index (κ3) is 5.28. The summed E-state index contributed by atoms with van der Waals surface area (Å²) in [5.41, 5.74) is 2.25. The fraction of sp³-hybridized carbons (Fsp3) is 0.217. The minimum absolute atomic E-state index is 0.492. The molecule has 0 fully saturated rings. The number of hydrogen-bond acceptors (Lipinski definition) is 3. The Bertz CT molecular complexity index is 785. The van der Waals surface area contributed by atoms with Crippen molar-refractivity contribution in [3.05, 3.63) is 90.0 Å². The Balaban J connectivity index is 1.70. The van der Waals surface area contributed by atoms with Gasteiger partial charge in [0.25, 0.3) is 0 Å². The van der Waals surface area contributed by atoms with Crippen molar-refractivity contribution in [3.8, 4) is 17.2 Å². The highest BCUT2D eigenvalue weighted by atomic mass is 16.5. The summed E-state index contributed by atoms with van der Waals surface area (Å²) in [6.45, 7) is 3.76. The van der Waals surface area contributed by atoms with E-state index in [1.807, 2.05) is 78.9 Å². The average Bonchev–Trinajstić information content (AvgIpc) is 2.71. The van der Waals surface area contributed by atoms with Crippen molar-refractivity contribution in [1.82, 2.24) is 0 Å². The van der Waals surface area contributed by atoms with Crippen molar-refractivity contribution in [2.75, 3.05) is 6.61 Å². The zero-order valence-electron chi connectivity index (χ0n) is 15.1. The third-order valence-corrected chi connectivity index (χ3v) is 3.86.